The second-order valence-corrected chi connectivity index (χ2v) is 8.81. The van der Waals surface area contributed by atoms with E-state index in [4.69, 9.17) is 4.98 Å². The topological polar surface area (TPSA) is 40.8 Å². The number of thiophene rings is 1. The average Bonchev–Trinajstić information content (AvgIpc) is 3.53. The van der Waals surface area contributed by atoms with Gasteiger partial charge in [0.15, 0.2) is 0 Å². The molecule has 5 rings (SSSR count). The van der Waals surface area contributed by atoms with Gasteiger partial charge in [-0.3, -0.25) is 4.90 Å². The highest BCUT2D eigenvalue weighted by Crippen LogP contribution is 2.29. The molecule has 1 N–H and O–H groups in total. The second-order valence-electron chi connectivity index (χ2n) is 7.81. The number of hydrogen-bond donors (Lipinski definition) is 1. The van der Waals surface area contributed by atoms with E-state index >= 15 is 0 Å². The van der Waals surface area contributed by atoms with Crippen molar-refractivity contribution in [3.8, 4) is 22.4 Å². The predicted molar refractivity (Wildman–Crippen MR) is 119 cm³/mol. The largest absolute Gasteiger partial charge is 0.391 e. The normalized spacial score (nSPS) is 15.9. The average molecular weight is 404 g/mol. The summed E-state index contributed by atoms with van der Waals surface area (Å²) in [5.41, 5.74) is 6.72. The van der Waals surface area contributed by atoms with Crippen molar-refractivity contribution in [1.29, 1.82) is 0 Å². The van der Waals surface area contributed by atoms with Gasteiger partial charge < -0.3 is 9.51 Å². The summed E-state index contributed by atoms with van der Waals surface area (Å²) in [7, 11) is 0. The first kappa shape index (κ1) is 18.6. The van der Waals surface area contributed by atoms with Crippen LogP contribution < -0.4 is 0 Å². The Kier molecular flexibility index (Phi) is 4.96. The van der Waals surface area contributed by atoms with E-state index in [1.807, 2.05) is 6.07 Å². The number of likely N-dealkylation sites (tertiary alicyclic amines) is 1. The molecule has 0 saturated carbocycles. The molecule has 1 aliphatic rings. The summed E-state index contributed by atoms with van der Waals surface area (Å²) >= 11 is 1.59. The molecular formula is C24H25N3OS. The van der Waals surface area contributed by atoms with Crippen molar-refractivity contribution in [2.45, 2.75) is 32.4 Å². The quantitative estimate of drug-likeness (QED) is 0.486. The van der Waals surface area contributed by atoms with Crippen LogP contribution in [0, 0.1) is 0 Å². The lowest BCUT2D eigenvalue weighted by atomic mass is 10.0. The monoisotopic (exact) mass is 403 g/mol. The molecule has 1 aromatic carbocycles. The van der Waals surface area contributed by atoms with E-state index in [9.17, 15) is 5.11 Å². The first-order valence-electron chi connectivity index (χ1n) is 10.2. The molecule has 1 aliphatic heterocycles. The minimum atomic E-state index is 0.0918. The van der Waals surface area contributed by atoms with Gasteiger partial charge in [-0.15, -0.1) is 11.3 Å². The van der Waals surface area contributed by atoms with Crippen LogP contribution >= 0.6 is 11.3 Å². The number of nitrogens with zero attached hydrogens (tertiary/aromatic N) is 3. The summed E-state index contributed by atoms with van der Waals surface area (Å²) in [5.74, 6) is 0. The maximum atomic E-state index is 9.31. The number of aromatic nitrogens is 2. The van der Waals surface area contributed by atoms with E-state index in [2.05, 4.69) is 70.4 Å². The minimum Gasteiger partial charge on any atom is -0.391 e. The third-order valence-electron chi connectivity index (χ3n) is 5.97. The fraction of sp³-hybridized carbons (Fsp3) is 0.292. The Labute approximate surface area is 175 Å². The van der Waals surface area contributed by atoms with Gasteiger partial charge in [-0.25, -0.2) is 4.98 Å². The Morgan fingerprint density at radius 3 is 2.48 bits per heavy atom. The number of hydrogen-bond acceptors (Lipinski definition) is 4. The number of aliphatic hydroxyl groups is 1. The molecule has 148 valence electrons. The standard InChI is InChI=1S/C24H25N3OS/c1-17(26-10-2-3-11-26)18-4-6-19(7-5-18)23-14-27-13-20(8-9-24(27)25-23)21-12-22(15-28)29-16-21/h4-9,12-14,16-17,28H,2-3,10-11,15H2,1H3. The van der Waals surface area contributed by atoms with Crippen LogP contribution in [-0.4, -0.2) is 32.5 Å². The molecule has 0 radical (unpaired) electrons. The van der Waals surface area contributed by atoms with Crippen LogP contribution in [0.2, 0.25) is 0 Å². The highest BCUT2D eigenvalue weighted by Gasteiger charge is 2.19. The number of aliphatic hydroxyl groups excluding tert-OH is 1. The lowest BCUT2D eigenvalue weighted by Gasteiger charge is -2.24. The van der Waals surface area contributed by atoms with Crippen LogP contribution in [0.25, 0.3) is 28.0 Å². The lowest BCUT2D eigenvalue weighted by Crippen LogP contribution is -2.23. The molecule has 3 aromatic heterocycles. The second kappa shape index (κ2) is 7.75. The van der Waals surface area contributed by atoms with Gasteiger partial charge >= 0.3 is 0 Å². The number of pyridine rings is 1. The SMILES string of the molecule is CC(c1ccc(-c2cn3cc(-c4csc(CO)c4)ccc3n2)cc1)N1CCCC1. The molecule has 29 heavy (non-hydrogen) atoms. The minimum absolute atomic E-state index is 0.0918. The maximum Gasteiger partial charge on any atom is 0.137 e. The van der Waals surface area contributed by atoms with Crippen LogP contribution in [0.5, 0.6) is 0 Å². The summed E-state index contributed by atoms with van der Waals surface area (Å²) < 4.78 is 2.09. The molecule has 4 aromatic rings. The van der Waals surface area contributed by atoms with E-state index in [0.29, 0.717) is 6.04 Å². The number of fused-ring (bicyclic) bond motifs is 1. The zero-order valence-corrected chi connectivity index (χ0v) is 17.4. The fourth-order valence-electron chi connectivity index (χ4n) is 4.19. The molecule has 1 atom stereocenters. The molecule has 0 aliphatic carbocycles. The summed E-state index contributed by atoms with van der Waals surface area (Å²) in [6, 6.07) is 15.5. The summed E-state index contributed by atoms with van der Waals surface area (Å²) in [5, 5.41) is 11.4. The van der Waals surface area contributed by atoms with E-state index in [0.717, 1.165) is 32.9 Å². The van der Waals surface area contributed by atoms with Crippen molar-refractivity contribution in [2.75, 3.05) is 13.1 Å². The maximum absolute atomic E-state index is 9.31. The van der Waals surface area contributed by atoms with Crippen molar-refractivity contribution in [3.63, 3.8) is 0 Å². The zero-order chi connectivity index (χ0) is 19.8. The van der Waals surface area contributed by atoms with Crippen molar-refractivity contribution in [2.24, 2.45) is 0 Å². The molecule has 4 nitrogen and oxygen atoms in total. The molecule has 5 heteroatoms. The van der Waals surface area contributed by atoms with Crippen molar-refractivity contribution in [3.05, 3.63) is 70.7 Å². The predicted octanol–water partition coefficient (Wildman–Crippen LogP) is 5.38. The molecule has 1 fully saturated rings. The first-order valence-corrected chi connectivity index (χ1v) is 11.1. The number of rotatable bonds is 5. The highest BCUT2D eigenvalue weighted by molar-refractivity contribution is 7.10. The van der Waals surface area contributed by atoms with Crippen LogP contribution in [0.3, 0.4) is 0 Å². The smallest absolute Gasteiger partial charge is 0.137 e. The van der Waals surface area contributed by atoms with Gasteiger partial charge in [0.05, 0.1) is 12.3 Å². The van der Waals surface area contributed by atoms with Crippen LogP contribution in [-0.2, 0) is 6.61 Å². The van der Waals surface area contributed by atoms with Gasteiger partial charge in [-0.2, -0.15) is 0 Å². The molecule has 0 bridgehead atoms. The first-order chi connectivity index (χ1) is 14.2. The molecule has 0 spiro atoms. The molecule has 4 heterocycles. The van der Waals surface area contributed by atoms with E-state index in [-0.39, 0.29) is 6.61 Å². The summed E-state index contributed by atoms with van der Waals surface area (Å²) in [6.45, 7) is 4.82. The van der Waals surface area contributed by atoms with Gasteiger partial charge in [0.2, 0.25) is 0 Å². The zero-order valence-electron chi connectivity index (χ0n) is 16.6. The fourth-order valence-corrected chi connectivity index (χ4v) is 4.94. The summed E-state index contributed by atoms with van der Waals surface area (Å²) in [6.07, 6.45) is 6.84. The number of benzene rings is 1. The van der Waals surface area contributed by atoms with Crippen molar-refractivity contribution >= 4 is 17.0 Å². The van der Waals surface area contributed by atoms with Crippen molar-refractivity contribution in [1.82, 2.24) is 14.3 Å². The summed E-state index contributed by atoms with van der Waals surface area (Å²) in [4.78, 5) is 8.35. The molecule has 1 unspecified atom stereocenters. The third kappa shape index (κ3) is 3.62. The van der Waals surface area contributed by atoms with Crippen LogP contribution in [0.1, 0.15) is 36.2 Å². The van der Waals surface area contributed by atoms with Crippen molar-refractivity contribution < 1.29 is 5.11 Å². The van der Waals surface area contributed by atoms with Gasteiger partial charge in [0.1, 0.15) is 5.65 Å². The lowest BCUT2D eigenvalue weighted by molar-refractivity contribution is 0.263. The van der Waals surface area contributed by atoms with Gasteiger partial charge in [0, 0.05) is 28.9 Å². The van der Waals surface area contributed by atoms with Crippen LogP contribution in [0.4, 0.5) is 0 Å². The van der Waals surface area contributed by atoms with E-state index in [1.165, 1.54) is 31.5 Å². The van der Waals surface area contributed by atoms with E-state index in [1.54, 1.807) is 11.3 Å². The Balaban J connectivity index is 1.41. The Bertz CT molecular complexity index is 1120. The Hall–Kier alpha value is -2.47. The Morgan fingerprint density at radius 2 is 1.76 bits per heavy atom. The van der Waals surface area contributed by atoms with Gasteiger partial charge in [-0.1, -0.05) is 24.3 Å². The molecule has 0 amide bonds. The van der Waals surface area contributed by atoms with Gasteiger partial charge in [-0.05, 0) is 73.1 Å². The van der Waals surface area contributed by atoms with Gasteiger partial charge in [0.25, 0.3) is 0 Å². The van der Waals surface area contributed by atoms with Crippen LogP contribution in [0.15, 0.2) is 60.2 Å². The third-order valence-corrected chi connectivity index (χ3v) is 6.89. The highest BCUT2D eigenvalue weighted by atomic mass is 32.1. The molecule has 1 saturated heterocycles. The molecular weight excluding hydrogens is 378 g/mol. The Morgan fingerprint density at radius 1 is 1.00 bits per heavy atom. The number of imidazole rings is 1. The van der Waals surface area contributed by atoms with E-state index < -0.39 is 0 Å².